The molecule has 0 heterocycles. The van der Waals surface area contributed by atoms with E-state index in [1.807, 2.05) is 6.92 Å². The molecule has 0 radical (unpaired) electrons. The molecule has 3 saturated carbocycles. The average molecular weight is 306 g/mol. The second kappa shape index (κ2) is 4.66. The van der Waals surface area contributed by atoms with Gasteiger partial charge in [-0.3, -0.25) is 4.79 Å². The second-order valence-corrected chi connectivity index (χ2v) is 8.62. The van der Waals surface area contributed by atoms with E-state index in [-0.39, 0.29) is 23.0 Å². The van der Waals surface area contributed by atoms with Crippen LogP contribution in [0.1, 0.15) is 58.8 Å². The van der Waals surface area contributed by atoms with Crippen LogP contribution in [0.25, 0.3) is 0 Å². The first-order valence-electron chi connectivity index (χ1n) is 8.95. The Labute approximate surface area is 132 Å². The van der Waals surface area contributed by atoms with Crippen molar-refractivity contribution < 1.29 is 14.3 Å². The van der Waals surface area contributed by atoms with E-state index in [1.165, 1.54) is 24.8 Å². The van der Waals surface area contributed by atoms with Gasteiger partial charge in [0, 0.05) is 5.41 Å². The molecule has 7 atom stereocenters. The van der Waals surface area contributed by atoms with Gasteiger partial charge in [0.05, 0.1) is 6.10 Å². The molecule has 3 heteroatoms. The molecule has 4 aliphatic rings. The van der Waals surface area contributed by atoms with Crippen LogP contribution in [0.4, 0.5) is 4.39 Å². The number of carbonyl (C=O) groups excluding carboxylic acids is 1. The van der Waals surface area contributed by atoms with Crippen molar-refractivity contribution in [2.24, 2.45) is 28.6 Å². The molecule has 122 valence electrons. The predicted octanol–water partition coefficient (Wildman–Crippen LogP) is 3.83. The molecule has 4 aliphatic carbocycles. The third kappa shape index (κ3) is 1.72. The molecule has 3 fully saturated rings. The van der Waals surface area contributed by atoms with E-state index in [9.17, 15) is 14.3 Å². The van der Waals surface area contributed by atoms with E-state index in [0.717, 1.165) is 19.3 Å². The summed E-state index contributed by atoms with van der Waals surface area (Å²) in [6.45, 7) is 4.30. The number of carbonyl (C=O) groups is 1. The lowest BCUT2D eigenvalue weighted by atomic mass is 9.47. The minimum absolute atomic E-state index is 0.0142. The molecule has 22 heavy (non-hydrogen) atoms. The summed E-state index contributed by atoms with van der Waals surface area (Å²) in [5, 5.41) is 10.8. The van der Waals surface area contributed by atoms with Crippen LogP contribution in [0.2, 0.25) is 0 Å². The molecule has 0 bridgehead atoms. The highest BCUT2D eigenvalue weighted by Gasteiger charge is 2.62. The summed E-state index contributed by atoms with van der Waals surface area (Å²) in [7, 11) is 0. The maximum Gasteiger partial charge on any atom is 0.173 e. The molecule has 0 aliphatic heterocycles. The molecule has 0 aromatic heterocycles. The number of fused-ring (bicyclic) bond motifs is 5. The number of aliphatic hydroxyl groups is 1. The number of hydrogen-bond donors (Lipinski definition) is 1. The number of ketones is 1. The van der Waals surface area contributed by atoms with E-state index in [4.69, 9.17) is 0 Å². The van der Waals surface area contributed by atoms with Crippen LogP contribution in [-0.2, 0) is 4.79 Å². The lowest BCUT2D eigenvalue weighted by molar-refractivity contribution is -0.137. The summed E-state index contributed by atoms with van der Waals surface area (Å²) in [6, 6.07) is 0. The van der Waals surface area contributed by atoms with Crippen LogP contribution in [0, 0.1) is 28.6 Å². The van der Waals surface area contributed by atoms with Gasteiger partial charge in [0.15, 0.2) is 12.0 Å². The highest BCUT2D eigenvalue weighted by molar-refractivity contribution is 5.91. The van der Waals surface area contributed by atoms with E-state index < -0.39 is 17.7 Å². The minimum atomic E-state index is -1.31. The quantitative estimate of drug-likeness (QED) is 0.691. The summed E-state index contributed by atoms with van der Waals surface area (Å²) in [5.41, 5.74) is 1.05. The smallest absolute Gasteiger partial charge is 0.173 e. The summed E-state index contributed by atoms with van der Waals surface area (Å²) in [5.74, 6) is 0.293. The zero-order chi connectivity index (χ0) is 15.7. The average Bonchev–Trinajstić information content (AvgIpc) is 2.71. The van der Waals surface area contributed by atoms with Crippen molar-refractivity contribution >= 4 is 5.78 Å². The Hall–Kier alpha value is -0.700. The molecule has 0 aromatic rings. The molecule has 6 unspecified atom stereocenters. The molecular formula is C19H27FO2. The van der Waals surface area contributed by atoms with Gasteiger partial charge in [0.25, 0.3) is 0 Å². The van der Waals surface area contributed by atoms with Crippen LogP contribution in [0.15, 0.2) is 11.6 Å². The fourth-order valence-corrected chi connectivity index (χ4v) is 6.44. The second-order valence-electron chi connectivity index (χ2n) is 8.62. The number of aliphatic hydroxyl groups excluding tert-OH is 1. The normalized spacial score (nSPS) is 54.3. The highest BCUT2D eigenvalue weighted by Crippen LogP contribution is 2.64. The van der Waals surface area contributed by atoms with Crippen molar-refractivity contribution in [2.45, 2.75) is 71.1 Å². The Morgan fingerprint density at radius 3 is 2.73 bits per heavy atom. The molecule has 0 saturated heterocycles. The van der Waals surface area contributed by atoms with E-state index in [0.29, 0.717) is 12.3 Å². The van der Waals surface area contributed by atoms with Crippen LogP contribution in [0.3, 0.4) is 0 Å². The molecular weight excluding hydrogens is 279 g/mol. The number of Topliss-reactive ketones (excluding diaryl/α,β-unsaturated/α-hetero) is 1. The van der Waals surface area contributed by atoms with Crippen molar-refractivity contribution in [1.82, 2.24) is 0 Å². The summed E-state index contributed by atoms with van der Waals surface area (Å²) in [6.07, 6.45) is 7.10. The number of rotatable bonds is 0. The number of hydrogen-bond acceptors (Lipinski definition) is 2. The Balaban J connectivity index is 1.76. The largest absolute Gasteiger partial charge is 0.389 e. The fraction of sp³-hybridized carbons (Fsp3) is 0.842. The molecule has 4 rings (SSSR count). The molecule has 2 nitrogen and oxygen atoms in total. The van der Waals surface area contributed by atoms with Crippen LogP contribution < -0.4 is 0 Å². The van der Waals surface area contributed by atoms with Crippen LogP contribution in [-0.4, -0.2) is 23.2 Å². The first kappa shape index (κ1) is 14.9. The number of halogens is 1. The van der Waals surface area contributed by atoms with Gasteiger partial charge >= 0.3 is 0 Å². The van der Waals surface area contributed by atoms with Gasteiger partial charge in [-0.05, 0) is 61.7 Å². The van der Waals surface area contributed by atoms with Gasteiger partial charge in [-0.1, -0.05) is 31.9 Å². The minimum Gasteiger partial charge on any atom is -0.389 e. The summed E-state index contributed by atoms with van der Waals surface area (Å²) in [4.78, 5) is 12.3. The van der Waals surface area contributed by atoms with E-state index >= 15 is 0 Å². The number of allylic oxidation sites excluding steroid dienone is 1. The van der Waals surface area contributed by atoms with Gasteiger partial charge in [0.2, 0.25) is 0 Å². The Morgan fingerprint density at radius 2 is 1.95 bits per heavy atom. The zero-order valence-electron chi connectivity index (χ0n) is 13.6. The van der Waals surface area contributed by atoms with E-state index in [2.05, 4.69) is 13.0 Å². The van der Waals surface area contributed by atoms with Crippen molar-refractivity contribution in [1.29, 1.82) is 0 Å². The fourth-order valence-electron chi connectivity index (χ4n) is 6.44. The molecule has 1 N–H and O–H groups in total. The van der Waals surface area contributed by atoms with Gasteiger partial charge in [0.1, 0.15) is 0 Å². The van der Waals surface area contributed by atoms with Gasteiger partial charge in [-0.25, -0.2) is 4.39 Å². The van der Waals surface area contributed by atoms with Gasteiger partial charge in [-0.15, -0.1) is 0 Å². The maximum absolute atomic E-state index is 14.1. The molecule has 0 aromatic carbocycles. The first-order valence-corrected chi connectivity index (χ1v) is 8.95. The topological polar surface area (TPSA) is 37.3 Å². The summed E-state index contributed by atoms with van der Waals surface area (Å²) >= 11 is 0. The molecule has 0 spiro atoms. The van der Waals surface area contributed by atoms with Gasteiger partial charge in [-0.2, -0.15) is 0 Å². The Bertz CT molecular complexity index is 542. The Kier molecular flexibility index (Phi) is 3.15. The Morgan fingerprint density at radius 1 is 1.18 bits per heavy atom. The third-order valence-corrected chi connectivity index (χ3v) is 7.74. The predicted molar refractivity (Wildman–Crippen MR) is 83.0 cm³/mol. The van der Waals surface area contributed by atoms with Crippen molar-refractivity contribution in [3.8, 4) is 0 Å². The van der Waals surface area contributed by atoms with E-state index in [1.54, 1.807) is 0 Å². The number of alkyl halides is 1. The SMILES string of the molecule is CC12CCC3C(C(O)C=C4CCCCC43C)C1C[C@@H](F)C2=O. The third-order valence-electron chi connectivity index (χ3n) is 7.74. The maximum atomic E-state index is 14.1. The summed E-state index contributed by atoms with van der Waals surface area (Å²) < 4.78 is 14.1. The van der Waals surface area contributed by atoms with Crippen LogP contribution >= 0.6 is 0 Å². The zero-order valence-corrected chi connectivity index (χ0v) is 13.6. The lowest BCUT2D eigenvalue weighted by Crippen LogP contribution is -2.54. The van der Waals surface area contributed by atoms with Crippen molar-refractivity contribution in [3.63, 3.8) is 0 Å². The monoisotopic (exact) mass is 306 g/mol. The van der Waals surface area contributed by atoms with Gasteiger partial charge < -0.3 is 5.11 Å². The lowest BCUT2D eigenvalue weighted by Gasteiger charge is -2.57. The highest BCUT2D eigenvalue weighted by atomic mass is 19.1. The standard InChI is InChI=1S/C19H27FO2/c1-18-7-4-3-5-11(18)9-15(21)16-12(18)6-8-19(2)13(16)10-14(20)17(19)22/h9,12-16,21H,3-8,10H2,1-2H3/t12?,13?,14-,15?,16?,18?,19?/m1/s1. The van der Waals surface area contributed by atoms with Crippen LogP contribution in [0.5, 0.6) is 0 Å². The first-order chi connectivity index (χ1) is 10.4. The molecule has 0 amide bonds. The van der Waals surface area contributed by atoms with Crippen molar-refractivity contribution in [3.05, 3.63) is 11.6 Å². The van der Waals surface area contributed by atoms with Crippen molar-refractivity contribution in [2.75, 3.05) is 0 Å².